The number of halogens is 2. The van der Waals surface area contributed by atoms with Crippen LogP contribution in [0.5, 0.6) is 0 Å². The first-order valence-corrected chi connectivity index (χ1v) is 8.79. The number of rotatable bonds is 2. The molecule has 2 heterocycles. The van der Waals surface area contributed by atoms with E-state index in [-0.39, 0.29) is 19.1 Å². The van der Waals surface area contributed by atoms with E-state index in [4.69, 9.17) is 4.74 Å². The van der Waals surface area contributed by atoms with Crippen molar-refractivity contribution < 1.29 is 18.3 Å². The van der Waals surface area contributed by atoms with Gasteiger partial charge in [0.2, 0.25) is 0 Å². The third-order valence-electron chi connectivity index (χ3n) is 4.88. The van der Waals surface area contributed by atoms with Gasteiger partial charge in [-0.1, -0.05) is 30.3 Å². The first kappa shape index (κ1) is 18.1. The van der Waals surface area contributed by atoms with E-state index in [9.17, 15) is 13.6 Å². The van der Waals surface area contributed by atoms with Crippen LogP contribution in [0.2, 0.25) is 0 Å². The normalized spacial score (nSPS) is 26.4. The number of ether oxygens (including phenoxy) is 1. The summed E-state index contributed by atoms with van der Waals surface area (Å²) in [4.78, 5) is 15.5. The van der Waals surface area contributed by atoms with Crippen molar-refractivity contribution in [2.24, 2.45) is 5.92 Å². The lowest BCUT2D eigenvalue weighted by Crippen LogP contribution is -2.51. The van der Waals surface area contributed by atoms with Gasteiger partial charge in [-0.05, 0) is 32.8 Å². The molecule has 2 saturated heterocycles. The fourth-order valence-corrected chi connectivity index (χ4v) is 3.78. The number of fused-ring (bicyclic) bond motifs is 1. The third kappa shape index (κ3) is 4.11. The molecule has 138 valence electrons. The van der Waals surface area contributed by atoms with Gasteiger partial charge in [0.25, 0.3) is 5.92 Å². The summed E-state index contributed by atoms with van der Waals surface area (Å²) in [7, 11) is 0. The zero-order valence-electron chi connectivity index (χ0n) is 15.0. The molecule has 0 unspecified atom stereocenters. The van der Waals surface area contributed by atoms with Gasteiger partial charge in [-0.3, -0.25) is 4.90 Å². The standard InChI is InChI=1S/C19H26F2N2O2/c1-18(2,3)25-17(24)22-10-9-16-15(12-22)19(20,21)13-23(16)11-14-7-5-4-6-8-14/h4-8,15-16H,9-13H2,1-3H3/t15-,16+/m0/s1. The summed E-state index contributed by atoms with van der Waals surface area (Å²) in [6.07, 6.45) is 0.0510. The summed E-state index contributed by atoms with van der Waals surface area (Å²) in [6.45, 7) is 6.12. The SMILES string of the molecule is CC(C)(C)OC(=O)N1CC[C@@H]2[C@H](C1)C(F)(F)CN2Cc1ccccc1. The van der Waals surface area contributed by atoms with Gasteiger partial charge in [0, 0.05) is 25.7 Å². The smallest absolute Gasteiger partial charge is 0.410 e. The number of hydrogen-bond acceptors (Lipinski definition) is 3. The molecule has 0 spiro atoms. The van der Waals surface area contributed by atoms with Gasteiger partial charge in [0.1, 0.15) is 5.60 Å². The molecule has 25 heavy (non-hydrogen) atoms. The second kappa shape index (κ2) is 6.56. The lowest BCUT2D eigenvalue weighted by atomic mass is 9.90. The molecule has 1 aromatic rings. The second-order valence-corrected chi connectivity index (χ2v) is 8.04. The van der Waals surface area contributed by atoms with Crippen LogP contribution in [0.4, 0.5) is 13.6 Å². The van der Waals surface area contributed by atoms with E-state index >= 15 is 0 Å². The highest BCUT2D eigenvalue weighted by Gasteiger charge is 2.56. The van der Waals surface area contributed by atoms with Gasteiger partial charge >= 0.3 is 6.09 Å². The average Bonchev–Trinajstić information content (AvgIpc) is 2.77. The van der Waals surface area contributed by atoms with Crippen molar-refractivity contribution in [3.05, 3.63) is 35.9 Å². The molecule has 1 amide bonds. The number of piperidine rings is 1. The van der Waals surface area contributed by atoms with Crippen LogP contribution in [0.1, 0.15) is 32.8 Å². The Morgan fingerprint density at radius 1 is 1.28 bits per heavy atom. The molecule has 0 aliphatic carbocycles. The quantitative estimate of drug-likeness (QED) is 0.812. The van der Waals surface area contributed by atoms with Crippen molar-refractivity contribution in [2.45, 2.75) is 51.3 Å². The number of likely N-dealkylation sites (tertiary alicyclic amines) is 2. The number of amides is 1. The summed E-state index contributed by atoms with van der Waals surface area (Å²) in [5.74, 6) is -3.63. The maximum atomic E-state index is 14.6. The van der Waals surface area contributed by atoms with Gasteiger partial charge < -0.3 is 9.64 Å². The van der Waals surface area contributed by atoms with E-state index in [1.54, 1.807) is 20.8 Å². The monoisotopic (exact) mass is 352 g/mol. The van der Waals surface area contributed by atoms with E-state index < -0.39 is 23.5 Å². The minimum absolute atomic E-state index is 0.0534. The van der Waals surface area contributed by atoms with E-state index in [2.05, 4.69) is 0 Å². The number of alkyl halides is 2. The predicted octanol–water partition coefficient (Wildman–Crippen LogP) is 3.76. The molecule has 0 saturated carbocycles. The Bertz CT molecular complexity index is 616. The average molecular weight is 352 g/mol. The number of hydrogen-bond donors (Lipinski definition) is 0. The Morgan fingerprint density at radius 3 is 2.60 bits per heavy atom. The summed E-state index contributed by atoms with van der Waals surface area (Å²) in [5, 5.41) is 0. The molecule has 6 heteroatoms. The van der Waals surface area contributed by atoms with E-state index in [0.717, 1.165) is 5.56 Å². The zero-order valence-corrected chi connectivity index (χ0v) is 15.0. The Balaban J connectivity index is 1.69. The summed E-state index contributed by atoms with van der Waals surface area (Å²) >= 11 is 0. The van der Waals surface area contributed by atoms with E-state index in [0.29, 0.717) is 19.5 Å². The Morgan fingerprint density at radius 2 is 1.96 bits per heavy atom. The topological polar surface area (TPSA) is 32.8 Å². The molecule has 4 nitrogen and oxygen atoms in total. The van der Waals surface area contributed by atoms with E-state index in [1.165, 1.54) is 4.90 Å². The third-order valence-corrected chi connectivity index (χ3v) is 4.88. The van der Waals surface area contributed by atoms with Crippen LogP contribution in [0.15, 0.2) is 30.3 Å². The molecule has 0 radical (unpaired) electrons. The van der Waals surface area contributed by atoms with Crippen LogP contribution in [0.25, 0.3) is 0 Å². The van der Waals surface area contributed by atoms with Gasteiger partial charge in [-0.15, -0.1) is 0 Å². The maximum absolute atomic E-state index is 14.6. The van der Waals surface area contributed by atoms with Gasteiger partial charge in [0.05, 0.1) is 12.5 Å². The van der Waals surface area contributed by atoms with Gasteiger partial charge in [-0.25, -0.2) is 13.6 Å². The largest absolute Gasteiger partial charge is 0.444 e. The summed E-state index contributed by atoms with van der Waals surface area (Å²) in [6, 6.07) is 9.49. The van der Waals surface area contributed by atoms with Crippen molar-refractivity contribution in [1.82, 2.24) is 9.80 Å². The fourth-order valence-electron chi connectivity index (χ4n) is 3.78. The first-order valence-electron chi connectivity index (χ1n) is 8.79. The van der Waals surface area contributed by atoms with Crippen molar-refractivity contribution >= 4 is 6.09 Å². The Hall–Kier alpha value is -1.69. The number of nitrogens with zero attached hydrogens (tertiary/aromatic N) is 2. The molecule has 2 aliphatic rings. The van der Waals surface area contributed by atoms with Gasteiger partial charge in [-0.2, -0.15) is 0 Å². The lowest BCUT2D eigenvalue weighted by Gasteiger charge is -2.38. The van der Waals surface area contributed by atoms with Crippen molar-refractivity contribution in [2.75, 3.05) is 19.6 Å². The van der Waals surface area contributed by atoms with Crippen LogP contribution in [0, 0.1) is 5.92 Å². The predicted molar refractivity (Wildman–Crippen MR) is 91.5 cm³/mol. The lowest BCUT2D eigenvalue weighted by molar-refractivity contribution is -0.0529. The number of carbonyl (C=O) groups is 1. The van der Waals surface area contributed by atoms with Crippen LogP contribution in [-0.2, 0) is 11.3 Å². The molecule has 2 fully saturated rings. The fraction of sp³-hybridized carbons (Fsp3) is 0.632. The zero-order chi connectivity index (χ0) is 18.2. The number of benzene rings is 1. The molecule has 2 atom stereocenters. The first-order chi connectivity index (χ1) is 11.7. The van der Waals surface area contributed by atoms with Crippen molar-refractivity contribution in [3.63, 3.8) is 0 Å². The number of carbonyl (C=O) groups excluding carboxylic acids is 1. The van der Waals surface area contributed by atoms with Gasteiger partial charge in [0.15, 0.2) is 0 Å². The highest BCUT2D eigenvalue weighted by Crippen LogP contribution is 2.42. The summed E-state index contributed by atoms with van der Waals surface area (Å²) < 4.78 is 34.5. The molecule has 0 bridgehead atoms. The van der Waals surface area contributed by atoms with Crippen molar-refractivity contribution in [1.29, 1.82) is 0 Å². The maximum Gasteiger partial charge on any atom is 0.410 e. The van der Waals surface area contributed by atoms with Crippen LogP contribution in [0.3, 0.4) is 0 Å². The Labute approximate surface area is 147 Å². The molecular weight excluding hydrogens is 326 g/mol. The Kier molecular flexibility index (Phi) is 4.75. The summed E-state index contributed by atoms with van der Waals surface area (Å²) in [5.41, 5.74) is 0.416. The molecule has 1 aromatic carbocycles. The minimum atomic E-state index is -2.79. The van der Waals surface area contributed by atoms with E-state index in [1.807, 2.05) is 35.2 Å². The second-order valence-electron chi connectivity index (χ2n) is 8.04. The highest BCUT2D eigenvalue weighted by molar-refractivity contribution is 5.68. The van der Waals surface area contributed by atoms with Crippen LogP contribution in [-0.4, -0.2) is 53.1 Å². The highest BCUT2D eigenvalue weighted by atomic mass is 19.3. The molecule has 2 aliphatic heterocycles. The van der Waals surface area contributed by atoms with Crippen LogP contribution < -0.4 is 0 Å². The molecule has 0 N–H and O–H groups in total. The molecular formula is C19H26F2N2O2. The van der Waals surface area contributed by atoms with Crippen molar-refractivity contribution in [3.8, 4) is 0 Å². The minimum Gasteiger partial charge on any atom is -0.444 e. The van der Waals surface area contributed by atoms with Crippen LogP contribution >= 0.6 is 0 Å². The molecule has 3 rings (SSSR count). The molecule has 0 aromatic heterocycles.